The lowest BCUT2D eigenvalue weighted by Crippen LogP contribution is -2.23. The van der Waals surface area contributed by atoms with E-state index >= 15 is 0 Å². The number of hydrogen-bond acceptors (Lipinski definition) is 5. The largest absolute Gasteiger partial charge is 0.456 e. The molecule has 3 rings (SSSR count). The number of nitrogens with zero attached hydrogens (tertiary/aromatic N) is 3. The molecule has 6 heteroatoms. The van der Waals surface area contributed by atoms with E-state index in [1.54, 1.807) is 48.5 Å². The molecule has 0 aliphatic heterocycles. The van der Waals surface area contributed by atoms with Crippen molar-refractivity contribution in [3.63, 3.8) is 0 Å². The van der Waals surface area contributed by atoms with Crippen LogP contribution in [0.5, 0.6) is 0 Å². The van der Waals surface area contributed by atoms with Crippen molar-refractivity contribution in [3.8, 4) is 6.07 Å². The Balaban J connectivity index is 1.94. The van der Waals surface area contributed by atoms with Crippen molar-refractivity contribution >= 4 is 16.7 Å². The lowest BCUT2D eigenvalue weighted by molar-refractivity contribution is 0.0465. The van der Waals surface area contributed by atoms with Crippen molar-refractivity contribution in [2.75, 3.05) is 0 Å². The van der Waals surface area contributed by atoms with Crippen LogP contribution in [0.3, 0.4) is 0 Å². The molecule has 0 radical (unpaired) electrons. The first kappa shape index (κ1) is 15.4. The first-order chi connectivity index (χ1) is 11.6. The molecule has 3 aromatic rings. The zero-order valence-electron chi connectivity index (χ0n) is 12.9. The molecule has 0 atom stereocenters. The molecule has 0 fully saturated rings. The van der Waals surface area contributed by atoms with E-state index in [9.17, 15) is 9.59 Å². The van der Waals surface area contributed by atoms with Crippen molar-refractivity contribution < 1.29 is 9.53 Å². The molecule has 0 spiro atoms. The van der Waals surface area contributed by atoms with Crippen LogP contribution in [0.2, 0.25) is 0 Å². The molecule has 0 saturated heterocycles. The number of rotatable bonds is 3. The van der Waals surface area contributed by atoms with Gasteiger partial charge in [-0.25, -0.2) is 9.48 Å². The van der Waals surface area contributed by atoms with Gasteiger partial charge in [0.15, 0.2) is 5.69 Å². The van der Waals surface area contributed by atoms with Gasteiger partial charge in [-0.1, -0.05) is 36.4 Å². The summed E-state index contributed by atoms with van der Waals surface area (Å²) in [5.41, 5.74) is 0.852. The Morgan fingerprint density at radius 3 is 2.58 bits per heavy atom. The second-order valence-corrected chi connectivity index (χ2v) is 5.17. The topological polar surface area (TPSA) is 85.0 Å². The lowest BCUT2D eigenvalue weighted by Gasteiger charge is -2.09. The van der Waals surface area contributed by atoms with Crippen LogP contribution in [0.1, 0.15) is 21.6 Å². The van der Waals surface area contributed by atoms with Crippen LogP contribution < -0.4 is 5.56 Å². The molecule has 0 aliphatic carbocycles. The van der Waals surface area contributed by atoms with E-state index < -0.39 is 5.97 Å². The van der Waals surface area contributed by atoms with E-state index in [1.165, 1.54) is 7.05 Å². The van der Waals surface area contributed by atoms with Gasteiger partial charge in [0.05, 0.1) is 17.0 Å². The van der Waals surface area contributed by atoms with Gasteiger partial charge >= 0.3 is 5.97 Å². The average Bonchev–Trinajstić information content (AvgIpc) is 2.63. The highest BCUT2D eigenvalue weighted by Crippen LogP contribution is 2.15. The monoisotopic (exact) mass is 319 g/mol. The highest BCUT2D eigenvalue weighted by molar-refractivity contribution is 6.02. The van der Waals surface area contributed by atoms with Crippen LogP contribution in [0.15, 0.2) is 53.3 Å². The number of carbonyl (C=O) groups excluding carboxylic acids is 1. The number of nitriles is 1. The predicted octanol–water partition coefficient (Wildman–Crippen LogP) is 2.16. The molecular formula is C18H13N3O3. The summed E-state index contributed by atoms with van der Waals surface area (Å²) < 4.78 is 6.40. The van der Waals surface area contributed by atoms with Crippen LogP contribution in [0.4, 0.5) is 0 Å². The summed E-state index contributed by atoms with van der Waals surface area (Å²) in [6.45, 7) is -0.0403. The summed E-state index contributed by atoms with van der Waals surface area (Å²) in [6, 6.07) is 15.7. The Morgan fingerprint density at radius 1 is 1.17 bits per heavy atom. The fraction of sp³-hybridized carbons (Fsp3) is 0.111. The van der Waals surface area contributed by atoms with E-state index in [0.717, 1.165) is 4.68 Å². The Morgan fingerprint density at radius 2 is 1.83 bits per heavy atom. The van der Waals surface area contributed by atoms with Gasteiger partial charge < -0.3 is 4.74 Å². The number of fused-ring (bicyclic) bond motifs is 1. The van der Waals surface area contributed by atoms with E-state index in [1.807, 2.05) is 0 Å². The zero-order valence-corrected chi connectivity index (χ0v) is 12.9. The third-order valence-corrected chi connectivity index (χ3v) is 3.65. The van der Waals surface area contributed by atoms with Gasteiger partial charge in [0.2, 0.25) is 0 Å². The van der Waals surface area contributed by atoms with Gasteiger partial charge in [0.25, 0.3) is 5.56 Å². The van der Waals surface area contributed by atoms with Gasteiger partial charge in [0, 0.05) is 18.0 Å². The SMILES string of the molecule is Cn1nc(C(=O)OCc2ccccc2C#N)c2ccccc2c1=O. The van der Waals surface area contributed by atoms with E-state index in [4.69, 9.17) is 10.00 Å². The van der Waals surface area contributed by atoms with Crippen molar-refractivity contribution in [3.05, 3.63) is 75.7 Å². The highest BCUT2D eigenvalue weighted by atomic mass is 16.5. The molecule has 2 aromatic carbocycles. The Hall–Kier alpha value is -3.46. The third kappa shape index (κ3) is 2.75. The molecule has 0 N–H and O–H groups in total. The van der Waals surface area contributed by atoms with Crippen LogP contribution in [0, 0.1) is 11.3 Å². The van der Waals surface area contributed by atoms with Gasteiger partial charge in [0.1, 0.15) is 6.61 Å². The first-order valence-corrected chi connectivity index (χ1v) is 7.23. The van der Waals surface area contributed by atoms with Crippen molar-refractivity contribution in [1.29, 1.82) is 5.26 Å². The molecule has 6 nitrogen and oxygen atoms in total. The summed E-state index contributed by atoms with van der Waals surface area (Å²) in [5, 5.41) is 13.9. The average molecular weight is 319 g/mol. The number of aryl methyl sites for hydroxylation is 1. The van der Waals surface area contributed by atoms with Crippen LogP contribution >= 0.6 is 0 Å². The zero-order chi connectivity index (χ0) is 17.1. The summed E-state index contributed by atoms with van der Waals surface area (Å²) in [6.07, 6.45) is 0. The minimum Gasteiger partial charge on any atom is -0.456 e. The molecule has 0 bridgehead atoms. The summed E-state index contributed by atoms with van der Waals surface area (Å²) >= 11 is 0. The second-order valence-electron chi connectivity index (χ2n) is 5.17. The fourth-order valence-corrected chi connectivity index (χ4v) is 2.42. The van der Waals surface area contributed by atoms with E-state index in [2.05, 4.69) is 11.2 Å². The predicted molar refractivity (Wildman–Crippen MR) is 87.3 cm³/mol. The Bertz CT molecular complexity index is 1030. The number of esters is 1. The summed E-state index contributed by atoms with van der Waals surface area (Å²) in [4.78, 5) is 24.5. The van der Waals surface area contributed by atoms with Crippen LogP contribution in [-0.4, -0.2) is 15.7 Å². The molecule has 0 aliphatic rings. The molecule has 118 valence electrons. The normalized spacial score (nSPS) is 10.3. The molecule has 0 unspecified atom stereocenters. The van der Waals surface area contributed by atoms with Crippen LogP contribution in [-0.2, 0) is 18.4 Å². The first-order valence-electron chi connectivity index (χ1n) is 7.23. The molecule has 0 amide bonds. The highest BCUT2D eigenvalue weighted by Gasteiger charge is 2.17. The number of benzene rings is 2. The van der Waals surface area contributed by atoms with Gasteiger partial charge in [-0.05, 0) is 12.1 Å². The van der Waals surface area contributed by atoms with Gasteiger partial charge in [-0.2, -0.15) is 10.4 Å². The standard InChI is InChI=1S/C18H13N3O3/c1-21-17(22)15-9-5-4-8-14(15)16(20-21)18(23)24-11-13-7-3-2-6-12(13)10-19/h2-9H,11H2,1H3. The lowest BCUT2D eigenvalue weighted by atomic mass is 10.1. The quantitative estimate of drug-likeness (QED) is 0.691. The Labute approximate surface area is 137 Å². The molecule has 24 heavy (non-hydrogen) atoms. The van der Waals surface area contributed by atoms with E-state index in [-0.39, 0.29) is 17.9 Å². The second kappa shape index (κ2) is 6.34. The number of ether oxygens (including phenoxy) is 1. The fourth-order valence-electron chi connectivity index (χ4n) is 2.42. The Kier molecular flexibility index (Phi) is 4.08. The van der Waals surface area contributed by atoms with Gasteiger partial charge in [-0.3, -0.25) is 4.79 Å². The van der Waals surface area contributed by atoms with Crippen molar-refractivity contribution in [2.24, 2.45) is 7.05 Å². The summed E-state index contributed by atoms with van der Waals surface area (Å²) in [7, 11) is 1.48. The number of carbonyl (C=O) groups is 1. The maximum Gasteiger partial charge on any atom is 0.359 e. The maximum atomic E-state index is 12.4. The van der Waals surface area contributed by atoms with Crippen molar-refractivity contribution in [1.82, 2.24) is 9.78 Å². The smallest absolute Gasteiger partial charge is 0.359 e. The molecule has 0 saturated carbocycles. The van der Waals surface area contributed by atoms with E-state index in [0.29, 0.717) is 21.9 Å². The molecule has 1 heterocycles. The van der Waals surface area contributed by atoms with Crippen LogP contribution in [0.25, 0.3) is 10.8 Å². The molecular weight excluding hydrogens is 306 g/mol. The number of aromatic nitrogens is 2. The third-order valence-electron chi connectivity index (χ3n) is 3.65. The maximum absolute atomic E-state index is 12.4. The number of hydrogen-bond donors (Lipinski definition) is 0. The van der Waals surface area contributed by atoms with Gasteiger partial charge in [-0.15, -0.1) is 0 Å². The molecule has 1 aromatic heterocycles. The van der Waals surface area contributed by atoms with Crippen molar-refractivity contribution in [2.45, 2.75) is 6.61 Å². The summed E-state index contributed by atoms with van der Waals surface area (Å²) in [5.74, 6) is -0.644. The minimum absolute atomic E-state index is 0.0403. The minimum atomic E-state index is -0.644.